The lowest BCUT2D eigenvalue weighted by atomic mass is 10.2. The molecule has 6 heteroatoms. The van der Waals surface area contributed by atoms with Gasteiger partial charge in [-0.2, -0.15) is 0 Å². The van der Waals surface area contributed by atoms with E-state index in [1.807, 2.05) is 13.8 Å². The Balaban J connectivity index is 1.81. The van der Waals surface area contributed by atoms with Crippen molar-refractivity contribution in [3.05, 3.63) is 29.8 Å². The lowest BCUT2D eigenvalue weighted by molar-refractivity contribution is -0.124. The van der Waals surface area contributed by atoms with Gasteiger partial charge in [0.15, 0.2) is 0 Å². The van der Waals surface area contributed by atoms with E-state index in [0.29, 0.717) is 6.54 Å². The van der Waals surface area contributed by atoms with Crippen LogP contribution in [0.1, 0.15) is 32.3 Å². The molecule has 0 atom stereocenters. The standard InChI is InChI=1S/C18H28N4O2/c1-14(2)22(12-17(19)23)13-18(24)20-11-15-5-7-16(8-6-15)21-9-3-4-10-21/h5-8,14H,3-4,9-13H2,1-2H3,(H2,19,23)(H,20,24). The molecule has 3 N–H and O–H groups in total. The molecule has 0 aliphatic carbocycles. The average molecular weight is 332 g/mol. The van der Waals surface area contributed by atoms with E-state index in [4.69, 9.17) is 5.73 Å². The number of amides is 2. The first kappa shape index (κ1) is 18.3. The maximum Gasteiger partial charge on any atom is 0.234 e. The Kier molecular flexibility index (Phi) is 6.61. The summed E-state index contributed by atoms with van der Waals surface area (Å²) in [6.45, 7) is 6.88. The molecule has 0 radical (unpaired) electrons. The number of nitrogens with zero attached hydrogens (tertiary/aromatic N) is 2. The smallest absolute Gasteiger partial charge is 0.234 e. The van der Waals surface area contributed by atoms with E-state index in [0.717, 1.165) is 18.7 Å². The second kappa shape index (κ2) is 8.68. The minimum atomic E-state index is -0.422. The van der Waals surface area contributed by atoms with Crippen LogP contribution in [0.3, 0.4) is 0 Å². The average Bonchev–Trinajstić information content (AvgIpc) is 3.06. The highest BCUT2D eigenvalue weighted by molar-refractivity contribution is 5.80. The van der Waals surface area contributed by atoms with Gasteiger partial charge in [-0.25, -0.2) is 0 Å². The third-order valence-corrected chi connectivity index (χ3v) is 4.33. The number of rotatable bonds is 8. The van der Waals surface area contributed by atoms with Gasteiger partial charge in [-0.15, -0.1) is 0 Å². The molecule has 1 aromatic rings. The highest BCUT2D eigenvalue weighted by atomic mass is 16.2. The lowest BCUT2D eigenvalue weighted by Gasteiger charge is -2.24. The van der Waals surface area contributed by atoms with E-state index in [1.165, 1.54) is 18.5 Å². The van der Waals surface area contributed by atoms with Crippen molar-refractivity contribution in [2.45, 2.75) is 39.3 Å². The number of nitrogens with two attached hydrogens (primary N) is 1. The molecule has 2 rings (SSSR count). The van der Waals surface area contributed by atoms with Gasteiger partial charge in [0.05, 0.1) is 13.1 Å². The fourth-order valence-electron chi connectivity index (χ4n) is 2.86. The molecule has 1 aliphatic rings. The Labute approximate surface area is 144 Å². The van der Waals surface area contributed by atoms with Crippen LogP contribution in [0.5, 0.6) is 0 Å². The Morgan fingerprint density at radius 3 is 2.33 bits per heavy atom. The Morgan fingerprint density at radius 1 is 1.17 bits per heavy atom. The monoisotopic (exact) mass is 332 g/mol. The largest absolute Gasteiger partial charge is 0.372 e. The van der Waals surface area contributed by atoms with Gasteiger partial charge in [0.25, 0.3) is 0 Å². The van der Waals surface area contributed by atoms with Gasteiger partial charge in [-0.05, 0) is 44.4 Å². The summed E-state index contributed by atoms with van der Waals surface area (Å²) >= 11 is 0. The molecule has 0 aromatic heterocycles. The summed E-state index contributed by atoms with van der Waals surface area (Å²) in [6.07, 6.45) is 2.52. The Bertz CT molecular complexity index is 551. The summed E-state index contributed by atoms with van der Waals surface area (Å²) < 4.78 is 0. The molecule has 2 amide bonds. The van der Waals surface area contributed by atoms with E-state index in [-0.39, 0.29) is 25.0 Å². The molecule has 1 fully saturated rings. The molecular weight excluding hydrogens is 304 g/mol. The molecule has 0 spiro atoms. The van der Waals surface area contributed by atoms with E-state index in [1.54, 1.807) is 4.90 Å². The lowest BCUT2D eigenvalue weighted by Crippen LogP contribution is -2.44. The summed E-state index contributed by atoms with van der Waals surface area (Å²) in [6, 6.07) is 8.42. The van der Waals surface area contributed by atoms with Crippen molar-refractivity contribution < 1.29 is 9.59 Å². The number of hydrogen-bond donors (Lipinski definition) is 2. The van der Waals surface area contributed by atoms with Gasteiger partial charge in [-0.3, -0.25) is 14.5 Å². The van der Waals surface area contributed by atoms with Crippen molar-refractivity contribution in [3.8, 4) is 0 Å². The van der Waals surface area contributed by atoms with Gasteiger partial charge in [0, 0.05) is 31.4 Å². The Hall–Kier alpha value is -2.08. The molecule has 1 aromatic carbocycles. The normalized spacial score (nSPS) is 14.4. The first-order chi connectivity index (χ1) is 11.5. The molecule has 0 saturated carbocycles. The second-order valence-corrected chi connectivity index (χ2v) is 6.60. The Morgan fingerprint density at radius 2 is 1.79 bits per heavy atom. The van der Waals surface area contributed by atoms with Crippen molar-refractivity contribution in [3.63, 3.8) is 0 Å². The predicted molar refractivity (Wildman–Crippen MR) is 95.6 cm³/mol. The molecule has 132 valence electrons. The minimum Gasteiger partial charge on any atom is -0.372 e. The summed E-state index contributed by atoms with van der Waals surface area (Å²) in [4.78, 5) is 27.3. The number of hydrogen-bond acceptors (Lipinski definition) is 4. The van der Waals surface area contributed by atoms with Crippen molar-refractivity contribution in [2.24, 2.45) is 5.73 Å². The van der Waals surface area contributed by atoms with Gasteiger partial charge < -0.3 is 16.0 Å². The van der Waals surface area contributed by atoms with Crippen LogP contribution in [-0.4, -0.2) is 48.9 Å². The topological polar surface area (TPSA) is 78.7 Å². The third kappa shape index (κ3) is 5.53. The van der Waals surface area contributed by atoms with Crippen LogP contribution < -0.4 is 16.0 Å². The van der Waals surface area contributed by atoms with E-state index < -0.39 is 5.91 Å². The number of carbonyl (C=O) groups is 2. The quantitative estimate of drug-likeness (QED) is 0.747. The number of benzene rings is 1. The second-order valence-electron chi connectivity index (χ2n) is 6.60. The molecule has 0 bridgehead atoms. The zero-order valence-electron chi connectivity index (χ0n) is 14.6. The molecule has 6 nitrogen and oxygen atoms in total. The zero-order chi connectivity index (χ0) is 17.5. The minimum absolute atomic E-state index is 0.0861. The molecule has 0 unspecified atom stereocenters. The van der Waals surface area contributed by atoms with Gasteiger partial charge in [0.1, 0.15) is 0 Å². The first-order valence-corrected chi connectivity index (χ1v) is 8.58. The molecule has 1 aliphatic heterocycles. The van der Waals surface area contributed by atoms with Crippen LogP contribution in [0, 0.1) is 0 Å². The molecular formula is C18H28N4O2. The van der Waals surface area contributed by atoms with Crippen LogP contribution >= 0.6 is 0 Å². The van der Waals surface area contributed by atoms with Crippen molar-refractivity contribution in [1.82, 2.24) is 10.2 Å². The highest BCUT2D eigenvalue weighted by Gasteiger charge is 2.16. The van der Waals surface area contributed by atoms with E-state index in [2.05, 4.69) is 34.5 Å². The molecule has 1 heterocycles. The van der Waals surface area contributed by atoms with Crippen molar-refractivity contribution in [1.29, 1.82) is 0 Å². The van der Waals surface area contributed by atoms with Crippen LogP contribution in [0.2, 0.25) is 0 Å². The van der Waals surface area contributed by atoms with Gasteiger partial charge >= 0.3 is 0 Å². The molecule has 24 heavy (non-hydrogen) atoms. The maximum absolute atomic E-state index is 12.1. The fraction of sp³-hybridized carbons (Fsp3) is 0.556. The van der Waals surface area contributed by atoms with Crippen molar-refractivity contribution >= 4 is 17.5 Å². The number of anilines is 1. The van der Waals surface area contributed by atoms with Gasteiger partial charge in [-0.1, -0.05) is 12.1 Å². The van der Waals surface area contributed by atoms with Crippen molar-refractivity contribution in [2.75, 3.05) is 31.1 Å². The highest BCUT2D eigenvalue weighted by Crippen LogP contribution is 2.20. The third-order valence-electron chi connectivity index (χ3n) is 4.33. The summed E-state index contributed by atoms with van der Waals surface area (Å²) in [5, 5.41) is 2.90. The zero-order valence-corrected chi connectivity index (χ0v) is 14.6. The SMILES string of the molecule is CC(C)N(CC(N)=O)CC(=O)NCc1ccc(N2CCCC2)cc1. The van der Waals surface area contributed by atoms with E-state index >= 15 is 0 Å². The van der Waals surface area contributed by atoms with Crippen LogP contribution in [-0.2, 0) is 16.1 Å². The number of nitrogens with one attached hydrogen (secondary N) is 1. The maximum atomic E-state index is 12.1. The van der Waals surface area contributed by atoms with Crippen LogP contribution in [0.4, 0.5) is 5.69 Å². The number of primary amides is 1. The molecule has 1 saturated heterocycles. The van der Waals surface area contributed by atoms with Crippen LogP contribution in [0.15, 0.2) is 24.3 Å². The number of carbonyl (C=O) groups excluding carboxylic acids is 2. The summed E-state index contributed by atoms with van der Waals surface area (Å²) in [5.41, 5.74) is 7.53. The predicted octanol–water partition coefficient (Wildman–Crippen LogP) is 1.10. The fourth-order valence-corrected chi connectivity index (χ4v) is 2.86. The van der Waals surface area contributed by atoms with E-state index in [9.17, 15) is 9.59 Å². The summed E-state index contributed by atoms with van der Waals surface area (Å²) in [5.74, 6) is -0.525. The summed E-state index contributed by atoms with van der Waals surface area (Å²) in [7, 11) is 0. The first-order valence-electron chi connectivity index (χ1n) is 8.58. The van der Waals surface area contributed by atoms with Crippen LogP contribution in [0.25, 0.3) is 0 Å². The van der Waals surface area contributed by atoms with Gasteiger partial charge in [0.2, 0.25) is 11.8 Å².